The van der Waals surface area contributed by atoms with Crippen LogP contribution in [-0.4, -0.2) is 25.8 Å². The molecular weight excluding hydrogens is 490 g/mol. The highest BCUT2D eigenvalue weighted by Gasteiger charge is 2.29. The van der Waals surface area contributed by atoms with Crippen molar-refractivity contribution in [3.63, 3.8) is 0 Å². The summed E-state index contributed by atoms with van der Waals surface area (Å²) in [5.74, 6) is -0.532. The number of non-ortho nitro benzene ring substituents is 1. The Morgan fingerprint density at radius 1 is 0.865 bits per heavy atom. The molecular formula is C28H25N3O5S. The molecule has 188 valence electrons. The summed E-state index contributed by atoms with van der Waals surface area (Å²) < 4.78 is 28.1. The van der Waals surface area contributed by atoms with Gasteiger partial charge in [0.15, 0.2) is 0 Å². The van der Waals surface area contributed by atoms with Crippen molar-refractivity contribution in [2.45, 2.75) is 17.9 Å². The molecule has 0 radical (unpaired) electrons. The number of benzene rings is 4. The highest BCUT2D eigenvalue weighted by Crippen LogP contribution is 2.27. The molecule has 4 rings (SSSR count). The Labute approximate surface area is 215 Å². The first-order chi connectivity index (χ1) is 17.8. The summed E-state index contributed by atoms with van der Waals surface area (Å²) in [5, 5.41) is 14.1. The second-order valence-corrected chi connectivity index (χ2v) is 10.2. The van der Waals surface area contributed by atoms with E-state index in [1.807, 2.05) is 61.5 Å². The van der Waals surface area contributed by atoms with Crippen molar-refractivity contribution in [3.8, 4) is 0 Å². The van der Waals surface area contributed by atoms with Crippen LogP contribution in [0.3, 0.4) is 0 Å². The van der Waals surface area contributed by atoms with Gasteiger partial charge in [0.05, 0.1) is 21.5 Å². The lowest BCUT2D eigenvalue weighted by atomic mass is 9.95. The quantitative estimate of drug-likeness (QED) is 0.249. The molecule has 0 aliphatic rings. The van der Waals surface area contributed by atoms with E-state index in [4.69, 9.17) is 0 Å². The molecule has 0 fully saturated rings. The van der Waals surface area contributed by atoms with E-state index in [9.17, 15) is 23.3 Å². The Hall–Kier alpha value is -4.50. The van der Waals surface area contributed by atoms with E-state index < -0.39 is 33.4 Å². The van der Waals surface area contributed by atoms with Crippen molar-refractivity contribution >= 4 is 27.3 Å². The molecule has 0 aliphatic heterocycles. The minimum absolute atomic E-state index is 0.000309. The molecule has 8 nitrogen and oxygen atoms in total. The number of rotatable bonds is 9. The molecule has 1 unspecified atom stereocenters. The molecule has 0 saturated heterocycles. The summed E-state index contributed by atoms with van der Waals surface area (Å²) in [6, 6.07) is 29.4. The highest BCUT2D eigenvalue weighted by molar-refractivity contribution is 7.92. The maximum Gasteiger partial charge on any atom is 0.269 e. The minimum atomic E-state index is -4.15. The van der Waals surface area contributed by atoms with Gasteiger partial charge in [-0.2, -0.15) is 0 Å². The lowest BCUT2D eigenvalue weighted by Crippen LogP contribution is -2.42. The smallest absolute Gasteiger partial charge is 0.269 e. The number of aryl methyl sites for hydroxylation is 1. The molecule has 0 saturated carbocycles. The molecule has 0 aromatic heterocycles. The topological polar surface area (TPSA) is 110 Å². The van der Waals surface area contributed by atoms with Crippen molar-refractivity contribution in [3.05, 3.63) is 136 Å². The third-order valence-electron chi connectivity index (χ3n) is 5.90. The maximum atomic E-state index is 13.6. The SMILES string of the molecule is Cc1ccccc1C(NC(=O)CN(c1ccc([N+](=O)[O-])cc1)S(=O)(=O)c1ccccc1)c1ccccc1. The van der Waals surface area contributed by atoms with Crippen molar-refractivity contribution in [1.29, 1.82) is 0 Å². The third-order valence-corrected chi connectivity index (χ3v) is 7.69. The third kappa shape index (κ3) is 5.84. The summed E-state index contributed by atoms with van der Waals surface area (Å²) in [5.41, 5.74) is 2.65. The molecule has 37 heavy (non-hydrogen) atoms. The van der Waals surface area contributed by atoms with Crippen LogP contribution in [0.2, 0.25) is 0 Å². The number of sulfonamides is 1. The summed E-state index contributed by atoms with van der Waals surface area (Å²) in [6.45, 7) is 1.42. The highest BCUT2D eigenvalue weighted by atomic mass is 32.2. The Balaban J connectivity index is 1.70. The minimum Gasteiger partial charge on any atom is -0.344 e. The van der Waals surface area contributed by atoms with E-state index in [-0.39, 0.29) is 16.3 Å². The number of nitrogens with one attached hydrogen (secondary N) is 1. The predicted molar refractivity (Wildman–Crippen MR) is 142 cm³/mol. The molecule has 1 N–H and O–H groups in total. The van der Waals surface area contributed by atoms with E-state index in [0.29, 0.717) is 0 Å². The van der Waals surface area contributed by atoms with Gasteiger partial charge in [0.2, 0.25) is 5.91 Å². The maximum absolute atomic E-state index is 13.6. The number of hydrogen-bond acceptors (Lipinski definition) is 5. The monoisotopic (exact) mass is 515 g/mol. The van der Waals surface area contributed by atoms with Crippen LogP contribution in [0.15, 0.2) is 114 Å². The second-order valence-electron chi connectivity index (χ2n) is 8.37. The van der Waals surface area contributed by atoms with Crippen LogP contribution in [0, 0.1) is 17.0 Å². The molecule has 0 aliphatic carbocycles. The van der Waals surface area contributed by atoms with Gasteiger partial charge in [-0.25, -0.2) is 8.42 Å². The van der Waals surface area contributed by atoms with Crippen LogP contribution >= 0.6 is 0 Å². The number of nitrogens with zero attached hydrogens (tertiary/aromatic N) is 2. The Kier molecular flexibility index (Phi) is 7.64. The zero-order valence-electron chi connectivity index (χ0n) is 20.0. The fourth-order valence-electron chi connectivity index (χ4n) is 4.01. The molecule has 4 aromatic carbocycles. The Bertz CT molecular complexity index is 1490. The fraction of sp³-hybridized carbons (Fsp3) is 0.107. The lowest BCUT2D eigenvalue weighted by Gasteiger charge is -2.26. The van der Waals surface area contributed by atoms with Crippen molar-refractivity contribution in [2.24, 2.45) is 0 Å². The van der Waals surface area contributed by atoms with Crippen molar-refractivity contribution < 1.29 is 18.1 Å². The summed E-state index contributed by atoms with van der Waals surface area (Å²) in [4.78, 5) is 24.0. The van der Waals surface area contributed by atoms with Gasteiger partial charge in [-0.1, -0.05) is 72.8 Å². The Morgan fingerprint density at radius 3 is 2.03 bits per heavy atom. The summed E-state index contributed by atoms with van der Waals surface area (Å²) in [6.07, 6.45) is 0. The van der Waals surface area contributed by atoms with Crippen LogP contribution < -0.4 is 9.62 Å². The number of nitro benzene ring substituents is 1. The van der Waals surface area contributed by atoms with E-state index in [2.05, 4.69) is 5.32 Å². The van der Waals surface area contributed by atoms with E-state index >= 15 is 0 Å². The molecule has 1 atom stereocenters. The van der Waals surface area contributed by atoms with Gasteiger partial charge >= 0.3 is 0 Å². The van der Waals surface area contributed by atoms with Gasteiger partial charge in [0.25, 0.3) is 15.7 Å². The van der Waals surface area contributed by atoms with Crippen LogP contribution in [0.4, 0.5) is 11.4 Å². The average Bonchev–Trinajstić information content (AvgIpc) is 2.92. The van der Waals surface area contributed by atoms with Gasteiger partial charge in [-0.15, -0.1) is 0 Å². The van der Waals surface area contributed by atoms with Crippen LogP contribution in [0.1, 0.15) is 22.7 Å². The van der Waals surface area contributed by atoms with Crippen molar-refractivity contribution in [1.82, 2.24) is 5.32 Å². The van der Waals surface area contributed by atoms with Gasteiger partial charge in [0.1, 0.15) is 6.54 Å². The van der Waals surface area contributed by atoms with Gasteiger partial charge in [-0.3, -0.25) is 19.2 Å². The van der Waals surface area contributed by atoms with Gasteiger partial charge in [0, 0.05) is 12.1 Å². The fourth-order valence-corrected chi connectivity index (χ4v) is 5.45. The number of amides is 1. The number of nitro groups is 1. The zero-order chi connectivity index (χ0) is 26.4. The molecule has 9 heteroatoms. The molecule has 1 amide bonds. The number of carbonyl (C=O) groups is 1. The van der Waals surface area contributed by atoms with Crippen LogP contribution in [0.25, 0.3) is 0 Å². The molecule has 0 spiro atoms. The standard InChI is InChI=1S/C28H25N3O5S/c1-21-10-8-9-15-26(21)28(22-11-4-2-5-12-22)29-27(32)20-30(23-16-18-24(19-17-23)31(33)34)37(35,36)25-13-6-3-7-14-25/h2-19,28H,20H2,1H3,(H,29,32). The first-order valence-electron chi connectivity index (χ1n) is 11.5. The van der Waals surface area contributed by atoms with E-state index in [0.717, 1.165) is 21.0 Å². The van der Waals surface area contributed by atoms with Crippen molar-refractivity contribution in [2.75, 3.05) is 10.8 Å². The van der Waals surface area contributed by atoms with Gasteiger partial charge < -0.3 is 5.32 Å². The largest absolute Gasteiger partial charge is 0.344 e. The molecule has 0 heterocycles. The van der Waals surface area contributed by atoms with Gasteiger partial charge in [-0.05, 0) is 47.9 Å². The first-order valence-corrected chi connectivity index (χ1v) is 12.9. The summed E-state index contributed by atoms with van der Waals surface area (Å²) >= 11 is 0. The lowest BCUT2D eigenvalue weighted by molar-refractivity contribution is -0.384. The van der Waals surface area contributed by atoms with Crippen LogP contribution in [-0.2, 0) is 14.8 Å². The Morgan fingerprint density at radius 2 is 1.43 bits per heavy atom. The number of anilines is 1. The summed E-state index contributed by atoms with van der Waals surface area (Å²) in [7, 11) is -4.15. The number of hydrogen-bond donors (Lipinski definition) is 1. The normalized spacial score (nSPS) is 11.9. The zero-order valence-corrected chi connectivity index (χ0v) is 20.8. The first kappa shape index (κ1) is 25.6. The average molecular weight is 516 g/mol. The van der Waals surface area contributed by atoms with Crippen LogP contribution in [0.5, 0.6) is 0 Å². The van der Waals surface area contributed by atoms with E-state index in [1.54, 1.807) is 18.2 Å². The molecule has 0 bridgehead atoms. The molecule has 4 aromatic rings. The second kappa shape index (κ2) is 11.0. The van der Waals surface area contributed by atoms with E-state index in [1.165, 1.54) is 36.4 Å². The predicted octanol–water partition coefficient (Wildman–Crippen LogP) is 5.00. The number of carbonyl (C=O) groups excluding carboxylic acids is 1.